The molecule has 1 N–H and O–H groups in total. The molecule has 0 amide bonds. The van der Waals surface area contributed by atoms with E-state index in [-0.39, 0.29) is 6.61 Å². The molecule has 0 aliphatic heterocycles. The molecule has 1 aromatic rings. The van der Waals surface area contributed by atoms with E-state index in [1.54, 1.807) is 0 Å². The van der Waals surface area contributed by atoms with Crippen LogP contribution in [0.4, 0.5) is 0 Å². The number of benzene rings is 1. The van der Waals surface area contributed by atoms with Gasteiger partial charge in [-0.25, -0.2) is 0 Å². The van der Waals surface area contributed by atoms with Gasteiger partial charge in [-0.05, 0) is 30.5 Å². The number of hydrogen-bond donors (Lipinski definition) is 1. The van der Waals surface area contributed by atoms with Crippen LogP contribution in [-0.2, 0) is 6.42 Å². The Morgan fingerprint density at radius 3 is 2.80 bits per heavy atom. The van der Waals surface area contributed by atoms with Gasteiger partial charge in [0.25, 0.3) is 0 Å². The second-order valence-electron chi connectivity index (χ2n) is 3.44. The summed E-state index contributed by atoms with van der Waals surface area (Å²) in [6, 6.07) is 5.64. The normalized spacial score (nSPS) is 10.3. The molecule has 0 heterocycles. The first kappa shape index (κ1) is 12.3. The van der Waals surface area contributed by atoms with E-state index in [1.807, 2.05) is 18.2 Å². The van der Waals surface area contributed by atoms with Crippen LogP contribution < -0.4 is 4.74 Å². The lowest BCUT2D eigenvalue weighted by Crippen LogP contribution is -1.98. The molecule has 1 rings (SSSR count). The summed E-state index contributed by atoms with van der Waals surface area (Å²) in [5.74, 6) is 0.729. The number of hydrogen-bond acceptors (Lipinski definition) is 2. The zero-order valence-electron chi connectivity index (χ0n) is 9.00. The summed E-state index contributed by atoms with van der Waals surface area (Å²) < 4.78 is 5.52. The Balaban J connectivity index is 2.58. The Morgan fingerprint density at radius 2 is 2.20 bits per heavy atom. The predicted octanol–water partition coefficient (Wildman–Crippen LogP) is 3.05. The minimum Gasteiger partial charge on any atom is -0.492 e. The third kappa shape index (κ3) is 4.10. The molecular formula is C12H17ClO2. The average molecular weight is 229 g/mol. The van der Waals surface area contributed by atoms with Crippen molar-refractivity contribution in [3.05, 3.63) is 28.8 Å². The third-order valence-corrected chi connectivity index (χ3v) is 2.45. The maximum atomic E-state index is 8.78. The molecule has 0 radical (unpaired) electrons. The molecule has 0 bridgehead atoms. The monoisotopic (exact) mass is 228 g/mol. The van der Waals surface area contributed by atoms with Gasteiger partial charge in [0.2, 0.25) is 0 Å². The van der Waals surface area contributed by atoms with Crippen LogP contribution in [0.3, 0.4) is 0 Å². The van der Waals surface area contributed by atoms with E-state index in [2.05, 4.69) is 6.92 Å². The molecule has 0 unspecified atom stereocenters. The predicted molar refractivity (Wildman–Crippen MR) is 62.6 cm³/mol. The van der Waals surface area contributed by atoms with Crippen LogP contribution in [-0.4, -0.2) is 18.3 Å². The summed E-state index contributed by atoms with van der Waals surface area (Å²) in [6.45, 7) is 2.97. The Kier molecular flexibility index (Phi) is 5.51. The van der Waals surface area contributed by atoms with E-state index in [4.69, 9.17) is 21.4 Å². The van der Waals surface area contributed by atoms with Gasteiger partial charge in [0, 0.05) is 6.61 Å². The van der Waals surface area contributed by atoms with E-state index in [0.29, 0.717) is 18.1 Å². The van der Waals surface area contributed by atoms with Gasteiger partial charge in [0.15, 0.2) is 0 Å². The summed E-state index contributed by atoms with van der Waals surface area (Å²) in [5.41, 5.74) is 1.03. The van der Waals surface area contributed by atoms with Gasteiger partial charge in [0.05, 0.1) is 11.6 Å². The van der Waals surface area contributed by atoms with Crippen LogP contribution in [0.25, 0.3) is 0 Å². The minimum atomic E-state index is 0.145. The van der Waals surface area contributed by atoms with Gasteiger partial charge in [-0.2, -0.15) is 0 Å². The molecule has 0 spiro atoms. The summed E-state index contributed by atoms with van der Waals surface area (Å²) >= 11 is 6.04. The third-order valence-electron chi connectivity index (χ3n) is 2.15. The Morgan fingerprint density at radius 1 is 1.40 bits per heavy atom. The molecule has 84 valence electrons. The smallest absolute Gasteiger partial charge is 0.137 e. The van der Waals surface area contributed by atoms with Crippen LogP contribution in [0.1, 0.15) is 25.3 Å². The molecule has 0 aromatic heterocycles. The molecule has 0 saturated heterocycles. The maximum Gasteiger partial charge on any atom is 0.137 e. The van der Waals surface area contributed by atoms with Gasteiger partial charge in [-0.15, -0.1) is 0 Å². The van der Waals surface area contributed by atoms with E-state index in [0.717, 1.165) is 24.2 Å². The highest BCUT2D eigenvalue weighted by molar-refractivity contribution is 6.32. The summed E-state index contributed by atoms with van der Waals surface area (Å²) in [4.78, 5) is 0. The van der Waals surface area contributed by atoms with Crippen molar-refractivity contribution in [2.75, 3.05) is 13.2 Å². The molecule has 0 aliphatic carbocycles. The summed E-state index contributed by atoms with van der Waals surface area (Å²) in [5, 5.41) is 9.40. The van der Waals surface area contributed by atoms with Crippen LogP contribution in [0.15, 0.2) is 18.2 Å². The van der Waals surface area contributed by atoms with Crippen molar-refractivity contribution >= 4 is 11.6 Å². The van der Waals surface area contributed by atoms with Crippen LogP contribution in [0.5, 0.6) is 5.75 Å². The first-order valence-electron chi connectivity index (χ1n) is 5.30. The highest BCUT2D eigenvalue weighted by Gasteiger charge is 2.02. The molecular weight excluding hydrogens is 212 g/mol. The molecule has 1 aromatic carbocycles. The lowest BCUT2D eigenvalue weighted by Gasteiger charge is -2.08. The Labute approximate surface area is 95.8 Å². The van der Waals surface area contributed by atoms with Crippen molar-refractivity contribution in [1.29, 1.82) is 0 Å². The van der Waals surface area contributed by atoms with Crippen LogP contribution >= 0.6 is 11.6 Å². The number of ether oxygens (including phenoxy) is 1. The molecule has 15 heavy (non-hydrogen) atoms. The Hall–Kier alpha value is -0.730. The fourth-order valence-electron chi connectivity index (χ4n) is 1.27. The largest absolute Gasteiger partial charge is 0.492 e. The minimum absolute atomic E-state index is 0.145. The van der Waals surface area contributed by atoms with E-state index < -0.39 is 0 Å². The van der Waals surface area contributed by atoms with Crippen molar-refractivity contribution in [1.82, 2.24) is 0 Å². The SMILES string of the molecule is CCCCOc1ccc(CCO)cc1Cl. The zero-order chi connectivity index (χ0) is 11.1. The van der Waals surface area contributed by atoms with Crippen molar-refractivity contribution < 1.29 is 9.84 Å². The highest BCUT2D eigenvalue weighted by Crippen LogP contribution is 2.25. The second-order valence-corrected chi connectivity index (χ2v) is 3.85. The van der Waals surface area contributed by atoms with Gasteiger partial charge in [0.1, 0.15) is 5.75 Å². The average Bonchev–Trinajstić information content (AvgIpc) is 2.22. The summed E-state index contributed by atoms with van der Waals surface area (Å²) in [6.07, 6.45) is 2.78. The molecule has 0 saturated carbocycles. The number of rotatable bonds is 6. The quantitative estimate of drug-likeness (QED) is 0.759. The lowest BCUT2D eigenvalue weighted by molar-refractivity contribution is 0.299. The van der Waals surface area contributed by atoms with Crippen molar-refractivity contribution in [3.8, 4) is 5.75 Å². The number of unbranched alkanes of at least 4 members (excludes halogenated alkanes) is 1. The maximum absolute atomic E-state index is 8.78. The molecule has 2 nitrogen and oxygen atoms in total. The summed E-state index contributed by atoms with van der Waals surface area (Å²) in [7, 11) is 0. The molecule has 3 heteroatoms. The number of aliphatic hydroxyl groups is 1. The number of halogens is 1. The van der Waals surface area contributed by atoms with Crippen LogP contribution in [0.2, 0.25) is 5.02 Å². The van der Waals surface area contributed by atoms with Gasteiger partial charge >= 0.3 is 0 Å². The topological polar surface area (TPSA) is 29.5 Å². The van der Waals surface area contributed by atoms with E-state index in [1.165, 1.54) is 0 Å². The standard InChI is InChI=1S/C12H17ClO2/c1-2-3-8-15-12-5-4-10(6-7-14)9-11(12)13/h4-5,9,14H,2-3,6-8H2,1H3. The van der Waals surface area contributed by atoms with Crippen molar-refractivity contribution in [2.45, 2.75) is 26.2 Å². The fraction of sp³-hybridized carbons (Fsp3) is 0.500. The fourth-order valence-corrected chi connectivity index (χ4v) is 1.53. The van der Waals surface area contributed by atoms with Gasteiger partial charge in [-0.3, -0.25) is 0 Å². The number of aliphatic hydroxyl groups excluding tert-OH is 1. The Bertz CT molecular complexity index is 300. The molecule has 0 fully saturated rings. The van der Waals surface area contributed by atoms with Gasteiger partial charge < -0.3 is 9.84 Å². The van der Waals surface area contributed by atoms with Crippen LogP contribution in [0, 0.1) is 0 Å². The second kappa shape index (κ2) is 6.70. The lowest BCUT2D eigenvalue weighted by atomic mass is 10.1. The first-order chi connectivity index (χ1) is 7.27. The van der Waals surface area contributed by atoms with Gasteiger partial charge in [-0.1, -0.05) is 31.0 Å². The highest BCUT2D eigenvalue weighted by atomic mass is 35.5. The zero-order valence-corrected chi connectivity index (χ0v) is 9.76. The molecule has 0 atom stereocenters. The van der Waals surface area contributed by atoms with Crippen molar-refractivity contribution in [3.63, 3.8) is 0 Å². The van der Waals surface area contributed by atoms with E-state index >= 15 is 0 Å². The van der Waals surface area contributed by atoms with E-state index in [9.17, 15) is 0 Å². The van der Waals surface area contributed by atoms with Crippen molar-refractivity contribution in [2.24, 2.45) is 0 Å². The molecule has 0 aliphatic rings. The first-order valence-corrected chi connectivity index (χ1v) is 5.67.